The van der Waals surface area contributed by atoms with Crippen LogP contribution in [-0.2, 0) is 11.3 Å². The van der Waals surface area contributed by atoms with Gasteiger partial charge in [-0.15, -0.1) is 6.42 Å². The minimum atomic E-state index is -1.17. The molecule has 1 aromatic carbocycles. The van der Waals surface area contributed by atoms with Crippen molar-refractivity contribution >= 4 is 5.97 Å². The molecule has 0 fully saturated rings. The van der Waals surface area contributed by atoms with Gasteiger partial charge in [-0.3, -0.25) is 0 Å². The summed E-state index contributed by atoms with van der Waals surface area (Å²) in [5.74, 6) is 0.642. The van der Waals surface area contributed by atoms with Crippen LogP contribution in [0.1, 0.15) is 29.8 Å². The summed E-state index contributed by atoms with van der Waals surface area (Å²) in [5.41, 5.74) is -0.599. The van der Waals surface area contributed by atoms with E-state index in [0.29, 0.717) is 0 Å². The van der Waals surface area contributed by atoms with Crippen LogP contribution in [0.4, 0.5) is 4.39 Å². The normalized spacial score (nSPS) is 10.9. The summed E-state index contributed by atoms with van der Waals surface area (Å²) in [7, 11) is 0. The molecule has 17 heavy (non-hydrogen) atoms. The summed E-state index contributed by atoms with van der Waals surface area (Å²) < 4.78 is 18.8. The van der Waals surface area contributed by atoms with Crippen LogP contribution in [0.15, 0.2) is 18.2 Å². The van der Waals surface area contributed by atoms with Gasteiger partial charge in [0.25, 0.3) is 0 Å². The van der Waals surface area contributed by atoms with Crippen molar-refractivity contribution in [2.45, 2.75) is 26.1 Å². The number of hydrogen-bond acceptors (Lipinski definition) is 2. The summed E-state index contributed by atoms with van der Waals surface area (Å²) in [6.07, 6.45) is 5.23. The van der Waals surface area contributed by atoms with E-state index in [1.165, 1.54) is 12.1 Å². The zero-order valence-electron chi connectivity index (χ0n) is 9.66. The van der Waals surface area contributed by atoms with Crippen molar-refractivity contribution in [1.29, 1.82) is 0 Å². The molecule has 0 atom stereocenters. The molecular formula is C13H13FO3. The Hall–Kier alpha value is -1.86. The molecule has 0 aliphatic heterocycles. The molecule has 1 rings (SSSR count). The molecule has 0 saturated heterocycles. The third kappa shape index (κ3) is 3.58. The van der Waals surface area contributed by atoms with Gasteiger partial charge in [-0.1, -0.05) is 12.0 Å². The second kappa shape index (κ2) is 4.98. The van der Waals surface area contributed by atoms with Crippen molar-refractivity contribution in [1.82, 2.24) is 0 Å². The van der Waals surface area contributed by atoms with E-state index in [-0.39, 0.29) is 17.7 Å². The highest BCUT2D eigenvalue weighted by Gasteiger charge is 2.16. The quantitative estimate of drug-likeness (QED) is 0.817. The van der Waals surface area contributed by atoms with Crippen LogP contribution in [0.3, 0.4) is 0 Å². The number of aromatic carboxylic acids is 1. The van der Waals surface area contributed by atoms with E-state index in [2.05, 4.69) is 5.92 Å². The summed E-state index contributed by atoms with van der Waals surface area (Å²) >= 11 is 0. The first-order valence-electron chi connectivity index (χ1n) is 4.99. The van der Waals surface area contributed by atoms with Crippen molar-refractivity contribution < 1.29 is 19.0 Å². The highest BCUT2D eigenvalue weighted by atomic mass is 19.1. The molecule has 0 radical (unpaired) electrons. The molecule has 0 unspecified atom stereocenters. The molecule has 4 heteroatoms. The van der Waals surface area contributed by atoms with Gasteiger partial charge in [0.2, 0.25) is 0 Å². The maximum absolute atomic E-state index is 13.5. The highest BCUT2D eigenvalue weighted by molar-refractivity contribution is 5.87. The smallest absolute Gasteiger partial charge is 0.335 e. The number of carbonyl (C=O) groups is 1. The maximum atomic E-state index is 13.5. The number of carboxylic acids is 1. The molecule has 0 aromatic heterocycles. The van der Waals surface area contributed by atoms with Crippen LogP contribution in [0, 0.1) is 18.2 Å². The lowest BCUT2D eigenvalue weighted by Crippen LogP contribution is -2.21. The van der Waals surface area contributed by atoms with Crippen molar-refractivity contribution in [3.8, 4) is 12.3 Å². The SMILES string of the molecule is C#CC(C)(C)OCc1ccc(C(=O)O)cc1F. The van der Waals surface area contributed by atoms with E-state index < -0.39 is 17.4 Å². The van der Waals surface area contributed by atoms with Crippen molar-refractivity contribution in [3.05, 3.63) is 35.1 Å². The largest absolute Gasteiger partial charge is 0.478 e. The number of hydrogen-bond donors (Lipinski definition) is 1. The number of rotatable bonds is 4. The minimum absolute atomic E-state index is 0.00291. The van der Waals surface area contributed by atoms with Gasteiger partial charge in [0.1, 0.15) is 11.4 Å². The Bertz CT molecular complexity index is 472. The van der Waals surface area contributed by atoms with E-state index >= 15 is 0 Å². The Kier molecular flexibility index (Phi) is 3.87. The fourth-order valence-corrected chi connectivity index (χ4v) is 1.10. The molecule has 1 aromatic rings. The Balaban J connectivity index is 2.81. The van der Waals surface area contributed by atoms with Crippen molar-refractivity contribution in [2.24, 2.45) is 0 Å². The molecule has 0 amide bonds. The third-order valence-corrected chi connectivity index (χ3v) is 2.24. The zero-order valence-corrected chi connectivity index (χ0v) is 9.66. The van der Waals surface area contributed by atoms with Crippen LogP contribution in [0.2, 0.25) is 0 Å². The van der Waals surface area contributed by atoms with Gasteiger partial charge in [-0.2, -0.15) is 0 Å². The number of benzene rings is 1. The Morgan fingerprint density at radius 1 is 1.59 bits per heavy atom. The summed E-state index contributed by atoms with van der Waals surface area (Å²) in [6.45, 7) is 3.38. The molecule has 0 aliphatic carbocycles. The molecule has 0 aliphatic rings. The van der Waals surface area contributed by atoms with Crippen LogP contribution in [0.5, 0.6) is 0 Å². The molecule has 0 heterocycles. The Morgan fingerprint density at radius 3 is 2.71 bits per heavy atom. The van der Waals surface area contributed by atoms with Crippen molar-refractivity contribution in [2.75, 3.05) is 0 Å². The number of terminal acetylenes is 1. The lowest BCUT2D eigenvalue weighted by molar-refractivity contribution is 0.0131. The van der Waals surface area contributed by atoms with Crippen molar-refractivity contribution in [3.63, 3.8) is 0 Å². The second-order valence-electron chi connectivity index (χ2n) is 4.05. The molecule has 0 bridgehead atoms. The summed E-state index contributed by atoms with van der Waals surface area (Å²) in [6, 6.07) is 3.67. The van der Waals surface area contributed by atoms with Gasteiger partial charge in [0.05, 0.1) is 12.2 Å². The molecule has 0 saturated carbocycles. The molecule has 0 spiro atoms. The van der Waals surface area contributed by atoms with E-state index in [1.807, 2.05) is 0 Å². The monoisotopic (exact) mass is 236 g/mol. The fraction of sp³-hybridized carbons (Fsp3) is 0.308. The number of halogens is 1. The lowest BCUT2D eigenvalue weighted by Gasteiger charge is -2.18. The topological polar surface area (TPSA) is 46.5 Å². The molecule has 90 valence electrons. The van der Waals surface area contributed by atoms with Gasteiger partial charge in [0, 0.05) is 5.56 Å². The first-order chi connectivity index (χ1) is 7.85. The fourth-order valence-electron chi connectivity index (χ4n) is 1.10. The molecular weight excluding hydrogens is 223 g/mol. The average molecular weight is 236 g/mol. The summed E-state index contributed by atoms with van der Waals surface area (Å²) in [4.78, 5) is 10.6. The lowest BCUT2D eigenvalue weighted by atomic mass is 10.1. The van der Waals surface area contributed by atoms with E-state index in [4.69, 9.17) is 16.3 Å². The molecule has 1 N–H and O–H groups in total. The van der Waals surface area contributed by atoms with Crippen LogP contribution in [0.25, 0.3) is 0 Å². The van der Waals surface area contributed by atoms with Gasteiger partial charge in [-0.25, -0.2) is 9.18 Å². The van der Waals surface area contributed by atoms with Gasteiger partial charge in [0.15, 0.2) is 0 Å². The highest BCUT2D eigenvalue weighted by Crippen LogP contribution is 2.16. The predicted molar refractivity (Wildman–Crippen MR) is 61.1 cm³/mol. The number of ether oxygens (including phenoxy) is 1. The maximum Gasteiger partial charge on any atom is 0.335 e. The Morgan fingerprint density at radius 2 is 2.24 bits per heavy atom. The third-order valence-electron chi connectivity index (χ3n) is 2.24. The zero-order chi connectivity index (χ0) is 13.1. The minimum Gasteiger partial charge on any atom is -0.478 e. The van der Waals surface area contributed by atoms with E-state index in [9.17, 15) is 9.18 Å². The summed E-state index contributed by atoms with van der Waals surface area (Å²) in [5, 5.41) is 8.67. The van der Waals surface area contributed by atoms with Gasteiger partial charge in [-0.05, 0) is 26.0 Å². The van der Waals surface area contributed by atoms with Crippen LogP contribution >= 0.6 is 0 Å². The standard InChI is InChI=1S/C13H13FO3/c1-4-13(2,3)17-8-10-6-5-9(12(15)16)7-11(10)14/h1,5-7H,8H2,2-3H3,(H,15,16). The van der Waals surface area contributed by atoms with E-state index in [1.54, 1.807) is 13.8 Å². The first-order valence-corrected chi connectivity index (χ1v) is 4.99. The van der Waals surface area contributed by atoms with Gasteiger partial charge < -0.3 is 9.84 Å². The average Bonchev–Trinajstić information content (AvgIpc) is 2.27. The van der Waals surface area contributed by atoms with E-state index in [0.717, 1.165) is 6.07 Å². The number of carboxylic acid groups (broad SMARTS) is 1. The van der Waals surface area contributed by atoms with Crippen LogP contribution in [-0.4, -0.2) is 16.7 Å². The molecule has 3 nitrogen and oxygen atoms in total. The van der Waals surface area contributed by atoms with Gasteiger partial charge >= 0.3 is 5.97 Å². The first kappa shape index (κ1) is 13.2. The Labute approximate surface area is 99.2 Å². The predicted octanol–water partition coefficient (Wildman–Crippen LogP) is 2.45. The van der Waals surface area contributed by atoms with Crippen LogP contribution < -0.4 is 0 Å². The second-order valence-corrected chi connectivity index (χ2v) is 4.05.